The SMILES string of the molecule is CC(N)C(C)Nc1ccc(Br)nc1. The molecule has 2 atom stereocenters. The van der Waals surface area contributed by atoms with Crippen molar-refractivity contribution in [2.45, 2.75) is 25.9 Å². The van der Waals surface area contributed by atoms with Gasteiger partial charge in [-0.15, -0.1) is 0 Å². The smallest absolute Gasteiger partial charge is 0.106 e. The summed E-state index contributed by atoms with van der Waals surface area (Å²) in [6.45, 7) is 4.02. The molecule has 0 aliphatic rings. The molecule has 0 spiro atoms. The third kappa shape index (κ3) is 3.32. The van der Waals surface area contributed by atoms with Gasteiger partial charge in [0.05, 0.1) is 11.9 Å². The Balaban J connectivity index is 2.59. The third-order valence-corrected chi connectivity index (χ3v) is 2.38. The first-order valence-corrected chi connectivity index (χ1v) is 5.02. The predicted octanol–water partition coefficient (Wildman–Crippen LogP) is 1.99. The highest BCUT2D eigenvalue weighted by Gasteiger charge is 2.06. The molecule has 0 radical (unpaired) electrons. The van der Waals surface area contributed by atoms with Crippen molar-refractivity contribution in [1.82, 2.24) is 4.98 Å². The minimum Gasteiger partial charge on any atom is -0.380 e. The van der Waals surface area contributed by atoms with E-state index in [4.69, 9.17) is 5.73 Å². The molecule has 0 bridgehead atoms. The second-order valence-corrected chi connectivity index (χ2v) is 3.97. The number of nitrogens with two attached hydrogens (primary N) is 1. The minimum atomic E-state index is 0.128. The molecule has 0 aromatic carbocycles. The van der Waals surface area contributed by atoms with Gasteiger partial charge in [-0.2, -0.15) is 0 Å². The Kier molecular flexibility index (Phi) is 3.69. The Morgan fingerprint density at radius 1 is 1.46 bits per heavy atom. The monoisotopic (exact) mass is 243 g/mol. The lowest BCUT2D eigenvalue weighted by molar-refractivity contribution is 0.638. The van der Waals surface area contributed by atoms with Gasteiger partial charge in [-0.1, -0.05) is 0 Å². The molecule has 0 fully saturated rings. The van der Waals surface area contributed by atoms with Crippen molar-refractivity contribution in [1.29, 1.82) is 0 Å². The van der Waals surface area contributed by atoms with Crippen molar-refractivity contribution in [3.63, 3.8) is 0 Å². The maximum absolute atomic E-state index is 5.72. The molecule has 3 N–H and O–H groups in total. The van der Waals surface area contributed by atoms with E-state index < -0.39 is 0 Å². The number of halogens is 1. The van der Waals surface area contributed by atoms with Crippen molar-refractivity contribution in [2.75, 3.05) is 5.32 Å². The van der Waals surface area contributed by atoms with Crippen LogP contribution in [0.25, 0.3) is 0 Å². The number of nitrogens with zero attached hydrogens (tertiary/aromatic N) is 1. The van der Waals surface area contributed by atoms with E-state index in [0.29, 0.717) is 0 Å². The van der Waals surface area contributed by atoms with Crippen LogP contribution in [0.5, 0.6) is 0 Å². The normalized spacial score (nSPS) is 15.1. The molecule has 4 heteroatoms. The number of hydrogen-bond donors (Lipinski definition) is 2. The largest absolute Gasteiger partial charge is 0.380 e. The first-order chi connectivity index (χ1) is 6.09. The molecule has 13 heavy (non-hydrogen) atoms. The Labute approximate surface area is 86.9 Å². The van der Waals surface area contributed by atoms with E-state index >= 15 is 0 Å². The Morgan fingerprint density at radius 2 is 2.15 bits per heavy atom. The fraction of sp³-hybridized carbons (Fsp3) is 0.444. The molecule has 3 nitrogen and oxygen atoms in total. The maximum Gasteiger partial charge on any atom is 0.106 e. The van der Waals surface area contributed by atoms with Gasteiger partial charge in [0.1, 0.15) is 4.60 Å². The van der Waals surface area contributed by atoms with E-state index in [9.17, 15) is 0 Å². The zero-order valence-corrected chi connectivity index (χ0v) is 9.38. The molecule has 2 unspecified atom stereocenters. The quantitative estimate of drug-likeness (QED) is 0.799. The molecule has 0 saturated heterocycles. The Bertz CT molecular complexity index is 258. The maximum atomic E-state index is 5.72. The van der Waals surface area contributed by atoms with Gasteiger partial charge in [-0.05, 0) is 41.9 Å². The highest BCUT2D eigenvalue weighted by Crippen LogP contribution is 2.11. The van der Waals surface area contributed by atoms with E-state index in [-0.39, 0.29) is 12.1 Å². The molecule has 0 aliphatic carbocycles. The molecular weight excluding hydrogens is 230 g/mol. The molecular formula is C9H14BrN3. The summed E-state index contributed by atoms with van der Waals surface area (Å²) in [6, 6.07) is 4.25. The first-order valence-electron chi connectivity index (χ1n) is 4.23. The highest BCUT2D eigenvalue weighted by molar-refractivity contribution is 9.10. The lowest BCUT2D eigenvalue weighted by Crippen LogP contribution is -2.35. The molecule has 72 valence electrons. The van der Waals surface area contributed by atoms with Crippen LogP contribution in [0.1, 0.15) is 13.8 Å². The zero-order chi connectivity index (χ0) is 9.84. The molecule has 1 rings (SSSR count). The number of pyridine rings is 1. The van der Waals surface area contributed by atoms with Crippen LogP contribution in [0.15, 0.2) is 22.9 Å². The van der Waals surface area contributed by atoms with Gasteiger partial charge in [-0.25, -0.2) is 4.98 Å². The van der Waals surface area contributed by atoms with Gasteiger partial charge in [0.2, 0.25) is 0 Å². The Morgan fingerprint density at radius 3 is 2.62 bits per heavy atom. The summed E-state index contributed by atoms with van der Waals surface area (Å²) in [5, 5.41) is 3.26. The molecule has 0 saturated carbocycles. The second-order valence-electron chi connectivity index (χ2n) is 3.16. The van der Waals surface area contributed by atoms with Crippen LogP contribution in [0.3, 0.4) is 0 Å². The van der Waals surface area contributed by atoms with Crippen LogP contribution in [0, 0.1) is 0 Å². The van der Waals surface area contributed by atoms with E-state index in [1.807, 2.05) is 26.0 Å². The van der Waals surface area contributed by atoms with Crippen molar-refractivity contribution in [2.24, 2.45) is 5.73 Å². The van der Waals surface area contributed by atoms with E-state index in [1.165, 1.54) is 0 Å². The standard InChI is InChI=1S/C9H14BrN3/c1-6(11)7(2)13-8-3-4-9(10)12-5-8/h3-7,13H,11H2,1-2H3. The van der Waals surface area contributed by atoms with Gasteiger partial charge in [-0.3, -0.25) is 0 Å². The van der Waals surface area contributed by atoms with Crippen molar-refractivity contribution in [3.8, 4) is 0 Å². The summed E-state index contributed by atoms with van der Waals surface area (Å²) in [5.41, 5.74) is 6.72. The topological polar surface area (TPSA) is 50.9 Å². The molecule has 1 aromatic heterocycles. The average molecular weight is 244 g/mol. The summed E-state index contributed by atoms with van der Waals surface area (Å²) in [5.74, 6) is 0. The van der Waals surface area contributed by atoms with E-state index in [2.05, 4.69) is 26.2 Å². The fourth-order valence-corrected chi connectivity index (χ4v) is 1.09. The lowest BCUT2D eigenvalue weighted by atomic mass is 10.2. The number of rotatable bonds is 3. The van der Waals surface area contributed by atoms with Gasteiger partial charge in [0.15, 0.2) is 0 Å². The second kappa shape index (κ2) is 4.58. The summed E-state index contributed by atoms with van der Waals surface area (Å²) < 4.78 is 0.839. The van der Waals surface area contributed by atoms with Crippen molar-refractivity contribution in [3.05, 3.63) is 22.9 Å². The van der Waals surface area contributed by atoms with Crippen LogP contribution in [-0.2, 0) is 0 Å². The van der Waals surface area contributed by atoms with Gasteiger partial charge >= 0.3 is 0 Å². The zero-order valence-electron chi connectivity index (χ0n) is 7.79. The molecule has 0 aliphatic heterocycles. The number of anilines is 1. The van der Waals surface area contributed by atoms with E-state index in [1.54, 1.807) is 6.20 Å². The molecule has 1 aromatic rings. The summed E-state index contributed by atoms with van der Waals surface area (Å²) in [7, 11) is 0. The third-order valence-electron chi connectivity index (χ3n) is 1.91. The summed E-state index contributed by atoms with van der Waals surface area (Å²) in [6.07, 6.45) is 1.78. The average Bonchev–Trinajstić information content (AvgIpc) is 2.08. The number of hydrogen-bond acceptors (Lipinski definition) is 3. The van der Waals surface area contributed by atoms with Crippen LogP contribution < -0.4 is 11.1 Å². The van der Waals surface area contributed by atoms with Crippen LogP contribution in [0.2, 0.25) is 0 Å². The van der Waals surface area contributed by atoms with Crippen LogP contribution in [-0.4, -0.2) is 17.1 Å². The lowest BCUT2D eigenvalue weighted by Gasteiger charge is -2.18. The Hall–Kier alpha value is -0.610. The molecule has 1 heterocycles. The van der Waals surface area contributed by atoms with Crippen molar-refractivity contribution >= 4 is 21.6 Å². The predicted molar refractivity (Wildman–Crippen MR) is 58.7 cm³/mol. The number of aromatic nitrogens is 1. The van der Waals surface area contributed by atoms with Gasteiger partial charge < -0.3 is 11.1 Å². The van der Waals surface area contributed by atoms with Crippen LogP contribution >= 0.6 is 15.9 Å². The number of nitrogens with one attached hydrogen (secondary N) is 1. The van der Waals surface area contributed by atoms with Crippen molar-refractivity contribution < 1.29 is 0 Å². The fourth-order valence-electron chi connectivity index (χ4n) is 0.856. The summed E-state index contributed by atoms with van der Waals surface area (Å²) in [4.78, 5) is 4.10. The van der Waals surface area contributed by atoms with E-state index in [0.717, 1.165) is 10.3 Å². The first kappa shape index (κ1) is 10.5. The summed E-state index contributed by atoms with van der Waals surface area (Å²) >= 11 is 3.28. The van der Waals surface area contributed by atoms with Crippen LogP contribution in [0.4, 0.5) is 5.69 Å². The van der Waals surface area contributed by atoms with Gasteiger partial charge in [0.25, 0.3) is 0 Å². The minimum absolute atomic E-state index is 0.128. The molecule has 0 amide bonds. The van der Waals surface area contributed by atoms with Gasteiger partial charge in [0, 0.05) is 12.1 Å². The highest BCUT2D eigenvalue weighted by atomic mass is 79.9.